The molecule has 1 unspecified atom stereocenters. The molecule has 0 aromatic heterocycles. The highest BCUT2D eigenvalue weighted by Crippen LogP contribution is 2.20. The predicted octanol–water partition coefficient (Wildman–Crippen LogP) is 4.65. The first-order valence-electron chi connectivity index (χ1n) is 8.60. The van der Waals surface area contributed by atoms with Gasteiger partial charge < -0.3 is 10.1 Å². The molecular formula is C21H25NO3S. The number of ether oxygens (including phenoxy) is 1. The van der Waals surface area contributed by atoms with E-state index in [4.69, 9.17) is 4.74 Å². The van der Waals surface area contributed by atoms with E-state index in [1.807, 2.05) is 32.9 Å². The van der Waals surface area contributed by atoms with Gasteiger partial charge in [-0.05, 0) is 69.2 Å². The van der Waals surface area contributed by atoms with Gasteiger partial charge in [0.15, 0.2) is 5.78 Å². The van der Waals surface area contributed by atoms with Crippen molar-refractivity contribution in [1.82, 2.24) is 0 Å². The van der Waals surface area contributed by atoms with Gasteiger partial charge in [-0.25, -0.2) is 0 Å². The van der Waals surface area contributed by atoms with Crippen molar-refractivity contribution in [2.45, 2.75) is 32.9 Å². The Balaban J connectivity index is 1.76. The van der Waals surface area contributed by atoms with Crippen LogP contribution in [0.2, 0.25) is 0 Å². The van der Waals surface area contributed by atoms with Crippen LogP contribution in [0.4, 0.5) is 5.69 Å². The molecule has 1 atom stereocenters. The van der Waals surface area contributed by atoms with Gasteiger partial charge in [0.05, 0.1) is 11.9 Å². The largest absolute Gasteiger partial charge is 0.492 e. The molecule has 4 nitrogen and oxygen atoms in total. The molecular weight excluding hydrogens is 346 g/mol. The van der Waals surface area contributed by atoms with Gasteiger partial charge in [0.2, 0.25) is 5.91 Å². The Morgan fingerprint density at radius 1 is 1.12 bits per heavy atom. The van der Waals surface area contributed by atoms with Crippen molar-refractivity contribution in [3.8, 4) is 5.75 Å². The summed E-state index contributed by atoms with van der Waals surface area (Å²) in [5, 5.41) is 2.68. The van der Waals surface area contributed by atoms with E-state index in [1.165, 1.54) is 12.5 Å². The maximum atomic E-state index is 12.3. The molecule has 0 aliphatic rings. The molecule has 1 amide bonds. The summed E-state index contributed by atoms with van der Waals surface area (Å²) in [4.78, 5) is 23.5. The number of hydrogen-bond acceptors (Lipinski definition) is 4. The Morgan fingerprint density at radius 2 is 1.81 bits per heavy atom. The lowest BCUT2D eigenvalue weighted by molar-refractivity contribution is -0.115. The molecule has 1 N–H and O–H groups in total. The third-order valence-corrected chi connectivity index (χ3v) is 5.10. The van der Waals surface area contributed by atoms with E-state index in [2.05, 4.69) is 11.4 Å². The van der Waals surface area contributed by atoms with Crippen LogP contribution in [-0.4, -0.2) is 29.3 Å². The zero-order chi connectivity index (χ0) is 19.1. The molecule has 138 valence electrons. The van der Waals surface area contributed by atoms with E-state index in [0.717, 1.165) is 17.1 Å². The number of carbonyl (C=O) groups is 2. The summed E-state index contributed by atoms with van der Waals surface area (Å²) in [5.74, 6) is 1.58. The van der Waals surface area contributed by atoms with Crippen LogP contribution >= 0.6 is 11.8 Å². The van der Waals surface area contributed by atoms with Gasteiger partial charge in [-0.15, -0.1) is 11.8 Å². The van der Waals surface area contributed by atoms with Crippen LogP contribution in [0.15, 0.2) is 42.5 Å². The standard InChI is InChI=1S/C21H25NO3S/c1-14-5-6-15(2)20(13-14)25-11-12-26-17(4)21(24)22-19-9-7-18(8-10-19)16(3)23/h5-10,13,17H,11-12H2,1-4H3,(H,22,24). The Bertz CT molecular complexity index is 771. The van der Waals surface area contributed by atoms with Gasteiger partial charge in [0.25, 0.3) is 0 Å². The van der Waals surface area contributed by atoms with Crippen LogP contribution < -0.4 is 10.1 Å². The highest BCUT2D eigenvalue weighted by Gasteiger charge is 2.13. The van der Waals surface area contributed by atoms with Crippen molar-refractivity contribution >= 4 is 29.1 Å². The molecule has 0 aliphatic carbocycles. The van der Waals surface area contributed by atoms with Crippen molar-refractivity contribution in [3.63, 3.8) is 0 Å². The number of hydrogen-bond donors (Lipinski definition) is 1. The monoisotopic (exact) mass is 371 g/mol. The van der Waals surface area contributed by atoms with Crippen LogP contribution in [0.1, 0.15) is 35.3 Å². The summed E-state index contributed by atoms with van der Waals surface area (Å²) in [6.45, 7) is 8.01. The molecule has 2 rings (SSSR count). The van der Waals surface area contributed by atoms with Gasteiger partial charge in [-0.3, -0.25) is 9.59 Å². The third-order valence-electron chi connectivity index (χ3n) is 3.98. The zero-order valence-electron chi connectivity index (χ0n) is 15.7. The van der Waals surface area contributed by atoms with Crippen molar-refractivity contribution in [1.29, 1.82) is 0 Å². The fourth-order valence-electron chi connectivity index (χ4n) is 2.35. The van der Waals surface area contributed by atoms with Gasteiger partial charge >= 0.3 is 0 Å². The maximum Gasteiger partial charge on any atom is 0.237 e. The molecule has 0 radical (unpaired) electrons. The minimum absolute atomic E-state index is 0.00986. The van der Waals surface area contributed by atoms with Crippen LogP contribution in [0, 0.1) is 13.8 Å². The zero-order valence-corrected chi connectivity index (χ0v) is 16.5. The number of carbonyl (C=O) groups excluding carboxylic acids is 2. The number of thioether (sulfide) groups is 1. The average Bonchev–Trinajstić information content (AvgIpc) is 2.61. The minimum Gasteiger partial charge on any atom is -0.492 e. The van der Waals surface area contributed by atoms with E-state index in [1.54, 1.807) is 36.0 Å². The highest BCUT2D eigenvalue weighted by atomic mass is 32.2. The normalized spacial score (nSPS) is 11.7. The first kappa shape index (κ1) is 20.0. The molecule has 0 fully saturated rings. The average molecular weight is 372 g/mol. The maximum absolute atomic E-state index is 12.3. The number of benzene rings is 2. The lowest BCUT2D eigenvalue weighted by atomic mass is 10.1. The molecule has 2 aromatic rings. The van der Waals surface area contributed by atoms with Crippen LogP contribution in [0.25, 0.3) is 0 Å². The van der Waals surface area contributed by atoms with Crippen LogP contribution in [0.3, 0.4) is 0 Å². The molecule has 5 heteroatoms. The molecule has 0 spiro atoms. The van der Waals surface area contributed by atoms with Gasteiger partial charge in [-0.2, -0.15) is 0 Å². The minimum atomic E-state index is -0.190. The SMILES string of the molecule is CC(=O)c1ccc(NC(=O)C(C)SCCOc2cc(C)ccc2C)cc1. The quantitative estimate of drug-likeness (QED) is 0.542. The Morgan fingerprint density at radius 3 is 2.46 bits per heavy atom. The Labute approximate surface area is 159 Å². The summed E-state index contributed by atoms with van der Waals surface area (Å²) in [6.07, 6.45) is 0. The van der Waals surface area contributed by atoms with Crippen molar-refractivity contribution < 1.29 is 14.3 Å². The van der Waals surface area contributed by atoms with E-state index < -0.39 is 0 Å². The van der Waals surface area contributed by atoms with Gasteiger partial charge in [0, 0.05) is 17.0 Å². The molecule has 0 aliphatic heterocycles. The number of amides is 1. The highest BCUT2D eigenvalue weighted by molar-refractivity contribution is 8.00. The number of rotatable bonds is 8. The third kappa shape index (κ3) is 5.92. The van der Waals surface area contributed by atoms with Gasteiger partial charge in [-0.1, -0.05) is 12.1 Å². The second-order valence-electron chi connectivity index (χ2n) is 6.25. The number of nitrogens with one attached hydrogen (secondary N) is 1. The van der Waals surface area contributed by atoms with E-state index in [0.29, 0.717) is 17.9 Å². The molecule has 0 bridgehead atoms. The Kier molecular flexibility index (Phi) is 7.27. The predicted molar refractivity (Wildman–Crippen MR) is 108 cm³/mol. The molecule has 0 saturated heterocycles. The van der Waals surface area contributed by atoms with Crippen LogP contribution in [-0.2, 0) is 4.79 Å². The lowest BCUT2D eigenvalue weighted by Crippen LogP contribution is -2.23. The molecule has 0 heterocycles. The molecule has 2 aromatic carbocycles. The summed E-state index contributed by atoms with van der Waals surface area (Å²) in [6, 6.07) is 13.1. The van der Waals surface area contributed by atoms with Crippen molar-refractivity contribution in [3.05, 3.63) is 59.2 Å². The van der Waals surface area contributed by atoms with Crippen molar-refractivity contribution in [2.75, 3.05) is 17.7 Å². The molecule has 0 saturated carbocycles. The molecule has 26 heavy (non-hydrogen) atoms. The van der Waals surface area contributed by atoms with Crippen molar-refractivity contribution in [2.24, 2.45) is 0 Å². The van der Waals surface area contributed by atoms with Crippen LogP contribution in [0.5, 0.6) is 5.75 Å². The first-order chi connectivity index (χ1) is 12.4. The summed E-state index contributed by atoms with van der Waals surface area (Å²) in [7, 11) is 0. The first-order valence-corrected chi connectivity index (χ1v) is 9.65. The topological polar surface area (TPSA) is 55.4 Å². The fourth-order valence-corrected chi connectivity index (χ4v) is 3.09. The Hall–Kier alpha value is -2.27. The summed E-state index contributed by atoms with van der Waals surface area (Å²) >= 11 is 1.55. The number of ketones is 1. The number of anilines is 1. The fraction of sp³-hybridized carbons (Fsp3) is 0.333. The number of Topliss-reactive ketones (excluding diaryl/α,β-unsaturated/α-hetero) is 1. The smallest absolute Gasteiger partial charge is 0.237 e. The summed E-state index contributed by atoms with van der Waals surface area (Å²) < 4.78 is 5.82. The van der Waals surface area contributed by atoms with E-state index >= 15 is 0 Å². The summed E-state index contributed by atoms with van der Waals surface area (Å²) in [5.41, 5.74) is 3.61. The second-order valence-corrected chi connectivity index (χ2v) is 7.70. The second kappa shape index (κ2) is 9.43. The number of aryl methyl sites for hydroxylation is 2. The van der Waals surface area contributed by atoms with Gasteiger partial charge in [0.1, 0.15) is 5.75 Å². The van der Waals surface area contributed by atoms with E-state index in [-0.39, 0.29) is 16.9 Å². The lowest BCUT2D eigenvalue weighted by Gasteiger charge is -2.13. The van der Waals surface area contributed by atoms with E-state index in [9.17, 15) is 9.59 Å².